The molecule has 0 heteroatoms. The molecule has 0 nitrogen and oxygen atoms in total. The molecule has 3 unspecified atom stereocenters. The van der Waals surface area contributed by atoms with Gasteiger partial charge in [0.25, 0.3) is 0 Å². The maximum atomic E-state index is 2.41. The van der Waals surface area contributed by atoms with Crippen LogP contribution in [0.4, 0.5) is 0 Å². The fourth-order valence-corrected chi connectivity index (χ4v) is 2.46. The first-order chi connectivity index (χ1) is 6.79. The highest BCUT2D eigenvalue weighted by molar-refractivity contribution is 5.14. The summed E-state index contributed by atoms with van der Waals surface area (Å²) in [5.41, 5.74) is 0. The van der Waals surface area contributed by atoms with Gasteiger partial charge in [-0.3, -0.25) is 0 Å². The van der Waals surface area contributed by atoms with E-state index in [0.717, 1.165) is 17.8 Å². The van der Waals surface area contributed by atoms with E-state index >= 15 is 0 Å². The molecule has 0 radical (unpaired) electrons. The van der Waals surface area contributed by atoms with Crippen LogP contribution in [0.3, 0.4) is 0 Å². The predicted molar refractivity (Wildman–Crippen MR) is 64.2 cm³/mol. The van der Waals surface area contributed by atoms with E-state index in [4.69, 9.17) is 0 Å². The second-order valence-corrected chi connectivity index (χ2v) is 4.52. The monoisotopic (exact) mass is 192 g/mol. The third kappa shape index (κ3) is 3.01. The summed E-state index contributed by atoms with van der Waals surface area (Å²) in [6.45, 7) is 6.96. The quantitative estimate of drug-likeness (QED) is 0.598. The number of hydrogen-bond acceptors (Lipinski definition) is 0. The smallest absolute Gasteiger partial charge is 0.0142 e. The molecule has 1 aliphatic rings. The van der Waals surface area contributed by atoms with Gasteiger partial charge in [-0.2, -0.15) is 0 Å². The summed E-state index contributed by atoms with van der Waals surface area (Å²) < 4.78 is 0. The summed E-state index contributed by atoms with van der Waals surface area (Å²) >= 11 is 0. The largest absolute Gasteiger partial charge is 0.0811 e. The molecule has 0 aromatic heterocycles. The van der Waals surface area contributed by atoms with Gasteiger partial charge >= 0.3 is 0 Å². The zero-order valence-corrected chi connectivity index (χ0v) is 9.87. The van der Waals surface area contributed by atoms with E-state index in [9.17, 15) is 0 Å². The molecule has 0 aromatic rings. The Labute approximate surface area is 89.1 Å². The van der Waals surface area contributed by atoms with E-state index in [1.807, 2.05) is 0 Å². The van der Waals surface area contributed by atoms with Crippen LogP contribution in [-0.2, 0) is 0 Å². The van der Waals surface area contributed by atoms with E-state index < -0.39 is 0 Å². The molecule has 0 bridgehead atoms. The number of rotatable bonds is 5. The van der Waals surface area contributed by atoms with Crippen molar-refractivity contribution in [2.45, 2.75) is 46.5 Å². The highest BCUT2D eigenvalue weighted by Crippen LogP contribution is 2.32. The van der Waals surface area contributed by atoms with Crippen molar-refractivity contribution in [3.05, 3.63) is 24.3 Å². The molecular weight excluding hydrogens is 168 g/mol. The lowest BCUT2D eigenvalue weighted by Crippen LogP contribution is -2.19. The molecule has 0 amide bonds. The van der Waals surface area contributed by atoms with E-state index in [1.54, 1.807) is 0 Å². The lowest BCUT2D eigenvalue weighted by Gasteiger charge is -2.29. The van der Waals surface area contributed by atoms with Gasteiger partial charge in [-0.15, -0.1) is 0 Å². The van der Waals surface area contributed by atoms with Gasteiger partial charge in [0.05, 0.1) is 0 Å². The first-order valence-electron chi connectivity index (χ1n) is 6.14. The van der Waals surface area contributed by atoms with Crippen LogP contribution in [0.25, 0.3) is 0 Å². The minimum absolute atomic E-state index is 0.738. The second kappa shape index (κ2) is 6.06. The molecule has 0 saturated carbocycles. The van der Waals surface area contributed by atoms with Crippen LogP contribution in [0.1, 0.15) is 46.5 Å². The van der Waals surface area contributed by atoms with Gasteiger partial charge in [-0.25, -0.2) is 0 Å². The highest BCUT2D eigenvalue weighted by atomic mass is 14.3. The normalized spacial score (nSPS) is 27.9. The van der Waals surface area contributed by atoms with Crippen molar-refractivity contribution in [3.8, 4) is 0 Å². The van der Waals surface area contributed by atoms with Crippen molar-refractivity contribution in [2.75, 3.05) is 0 Å². The molecule has 0 saturated heterocycles. The third-order valence-corrected chi connectivity index (χ3v) is 3.46. The first kappa shape index (κ1) is 11.6. The zero-order chi connectivity index (χ0) is 10.4. The highest BCUT2D eigenvalue weighted by Gasteiger charge is 2.22. The van der Waals surface area contributed by atoms with Crippen LogP contribution in [0, 0.1) is 17.8 Å². The Bertz CT molecular complexity index is 200. The summed E-state index contributed by atoms with van der Waals surface area (Å²) in [5, 5.41) is 0. The molecule has 1 rings (SSSR count). The molecule has 0 fully saturated rings. The summed E-state index contributed by atoms with van der Waals surface area (Å²) in [6, 6.07) is 0. The van der Waals surface area contributed by atoms with Crippen LogP contribution >= 0.6 is 0 Å². The van der Waals surface area contributed by atoms with Crippen molar-refractivity contribution in [1.29, 1.82) is 0 Å². The summed E-state index contributed by atoms with van der Waals surface area (Å²) in [4.78, 5) is 0. The average molecular weight is 192 g/mol. The van der Waals surface area contributed by atoms with Crippen molar-refractivity contribution < 1.29 is 0 Å². The Morgan fingerprint density at radius 3 is 2.43 bits per heavy atom. The Balaban J connectivity index is 2.50. The molecule has 0 heterocycles. The minimum Gasteiger partial charge on any atom is -0.0811 e. The van der Waals surface area contributed by atoms with E-state index in [1.165, 1.54) is 25.7 Å². The standard InChI is InChI=1S/C14H24/c1-4-6-10-13(5-2)14-11-8-7-9-12(14)3/h7-9,11-14H,4-6,10H2,1-3H3. The fourth-order valence-electron chi connectivity index (χ4n) is 2.46. The molecule has 0 N–H and O–H groups in total. The Kier molecular flexibility index (Phi) is 5.00. The maximum Gasteiger partial charge on any atom is -0.0142 e. The second-order valence-electron chi connectivity index (χ2n) is 4.52. The van der Waals surface area contributed by atoms with Crippen LogP contribution in [-0.4, -0.2) is 0 Å². The summed E-state index contributed by atoms with van der Waals surface area (Å²) in [5.74, 6) is 2.42. The molecule has 1 aliphatic carbocycles. The van der Waals surface area contributed by atoms with E-state index in [-0.39, 0.29) is 0 Å². The van der Waals surface area contributed by atoms with Crippen molar-refractivity contribution in [3.63, 3.8) is 0 Å². The Morgan fingerprint density at radius 1 is 1.14 bits per heavy atom. The van der Waals surface area contributed by atoms with Crippen LogP contribution in [0.2, 0.25) is 0 Å². The van der Waals surface area contributed by atoms with Crippen molar-refractivity contribution >= 4 is 0 Å². The predicted octanol–water partition coefficient (Wildman–Crippen LogP) is 4.58. The number of allylic oxidation sites excluding steroid dienone is 4. The molecule has 0 spiro atoms. The lowest BCUT2D eigenvalue weighted by atomic mass is 9.76. The Hall–Kier alpha value is -0.520. The van der Waals surface area contributed by atoms with Crippen LogP contribution < -0.4 is 0 Å². The minimum atomic E-state index is 0.738. The fraction of sp³-hybridized carbons (Fsp3) is 0.714. The van der Waals surface area contributed by atoms with Gasteiger partial charge in [0.15, 0.2) is 0 Å². The topological polar surface area (TPSA) is 0 Å². The molecule has 0 aromatic carbocycles. The van der Waals surface area contributed by atoms with Crippen molar-refractivity contribution in [2.24, 2.45) is 17.8 Å². The molecule has 3 atom stereocenters. The summed E-state index contributed by atoms with van der Waals surface area (Å²) in [6.07, 6.45) is 14.6. The Morgan fingerprint density at radius 2 is 1.86 bits per heavy atom. The average Bonchev–Trinajstić information content (AvgIpc) is 2.21. The summed E-state index contributed by atoms with van der Waals surface area (Å²) in [7, 11) is 0. The van der Waals surface area contributed by atoms with E-state index in [0.29, 0.717) is 0 Å². The van der Waals surface area contributed by atoms with Gasteiger partial charge in [-0.05, 0) is 24.2 Å². The number of hydrogen-bond donors (Lipinski definition) is 0. The van der Waals surface area contributed by atoms with Gasteiger partial charge in [0.2, 0.25) is 0 Å². The SMILES string of the molecule is CCCCC(CC)C1C=CC=CC1C. The van der Waals surface area contributed by atoms with E-state index in [2.05, 4.69) is 45.1 Å². The van der Waals surface area contributed by atoms with Gasteiger partial charge in [-0.1, -0.05) is 64.3 Å². The van der Waals surface area contributed by atoms with Crippen molar-refractivity contribution in [1.82, 2.24) is 0 Å². The lowest BCUT2D eigenvalue weighted by molar-refractivity contribution is 0.297. The van der Waals surface area contributed by atoms with Gasteiger partial charge in [0.1, 0.15) is 0 Å². The van der Waals surface area contributed by atoms with Crippen LogP contribution in [0.15, 0.2) is 24.3 Å². The van der Waals surface area contributed by atoms with Gasteiger partial charge < -0.3 is 0 Å². The van der Waals surface area contributed by atoms with Crippen LogP contribution in [0.5, 0.6) is 0 Å². The molecule has 14 heavy (non-hydrogen) atoms. The molecule has 80 valence electrons. The first-order valence-corrected chi connectivity index (χ1v) is 6.14. The van der Waals surface area contributed by atoms with Gasteiger partial charge in [0, 0.05) is 0 Å². The third-order valence-electron chi connectivity index (χ3n) is 3.46. The number of unbranched alkanes of at least 4 members (excludes halogenated alkanes) is 1. The zero-order valence-electron chi connectivity index (χ0n) is 9.87. The molecular formula is C14H24. The maximum absolute atomic E-state index is 2.41. The molecule has 0 aliphatic heterocycles.